The molecule has 150 valence electrons. The Morgan fingerprint density at radius 2 is 2.14 bits per heavy atom. The Labute approximate surface area is 174 Å². The minimum atomic E-state index is 0.0892. The Kier molecular flexibility index (Phi) is 5.65. The van der Waals surface area contributed by atoms with Crippen LogP contribution in [-0.2, 0) is 11.2 Å². The van der Waals surface area contributed by atoms with Crippen molar-refractivity contribution in [3.05, 3.63) is 50.8 Å². The van der Waals surface area contributed by atoms with E-state index < -0.39 is 0 Å². The van der Waals surface area contributed by atoms with Gasteiger partial charge in [-0.2, -0.15) is 0 Å². The lowest BCUT2D eigenvalue weighted by atomic mass is 9.89. The summed E-state index contributed by atoms with van der Waals surface area (Å²) in [4.78, 5) is 15.1. The first-order valence-electron chi connectivity index (χ1n) is 9.60. The first kappa shape index (κ1) is 19.7. The van der Waals surface area contributed by atoms with Gasteiger partial charge >= 0.3 is 0 Å². The highest BCUT2D eigenvalue weighted by molar-refractivity contribution is 6.42. The maximum absolute atomic E-state index is 13.1. The zero-order chi connectivity index (χ0) is 19.8. The van der Waals surface area contributed by atoms with Crippen molar-refractivity contribution in [3.8, 4) is 0 Å². The third-order valence-electron chi connectivity index (χ3n) is 5.93. The van der Waals surface area contributed by atoms with Gasteiger partial charge < -0.3 is 9.42 Å². The lowest BCUT2D eigenvalue weighted by molar-refractivity contribution is -0.131. The van der Waals surface area contributed by atoms with E-state index in [-0.39, 0.29) is 23.9 Å². The van der Waals surface area contributed by atoms with E-state index in [1.807, 2.05) is 24.8 Å². The van der Waals surface area contributed by atoms with Crippen LogP contribution in [0, 0.1) is 13.8 Å². The number of amides is 1. The number of nitrogens with zero attached hydrogens (tertiary/aromatic N) is 2. The highest BCUT2D eigenvalue weighted by atomic mass is 35.5. The van der Waals surface area contributed by atoms with Gasteiger partial charge in [0.1, 0.15) is 5.76 Å². The van der Waals surface area contributed by atoms with E-state index >= 15 is 0 Å². The average molecular weight is 423 g/mol. The number of benzene rings is 1. The van der Waals surface area contributed by atoms with Crippen LogP contribution in [-0.4, -0.2) is 41.1 Å². The van der Waals surface area contributed by atoms with Gasteiger partial charge in [-0.15, -0.1) is 0 Å². The second kappa shape index (κ2) is 8.03. The first-order chi connectivity index (χ1) is 13.5. The van der Waals surface area contributed by atoms with Crippen molar-refractivity contribution in [3.63, 3.8) is 0 Å². The fourth-order valence-corrected chi connectivity index (χ4v) is 4.64. The van der Waals surface area contributed by atoms with Gasteiger partial charge in [0.2, 0.25) is 5.91 Å². The van der Waals surface area contributed by atoms with Crippen molar-refractivity contribution in [2.45, 2.75) is 51.1 Å². The molecule has 4 rings (SSSR count). The van der Waals surface area contributed by atoms with E-state index in [0.717, 1.165) is 48.5 Å². The molecule has 0 spiro atoms. The monoisotopic (exact) mass is 422 g/mol. The summed E-state index contributed by atoms with van der Waals surface area (Å²) in [7, 11) is 0. The van der Waals surface area contributed by atoms with Gasteiger partial charge in [0.05, 0.1) is 34.1 Å². The molecule has 3 unspecified atom stereocenters. The zero-order valence-corrected chi connectivity index (χ0v) is 17.5. The molecule has 2 saturated heterocycles. The Hall–Kier alpha value is -1.60. The Morgan fingerprint density at radius 1 is 1.32 bits per heavy atom. The summed E-state index contributed by atoms with van der Waals surface area (Å²) < 4.78 is 5.62. The summed E-state index contributed by atoms with van der Waals surface area (Å²) in [6, 6.07) is 5.56. The van der Waals surface area contributed by atoms with Crippen molar-refractivity contribution in [2.24, 2.45) is 0 Å². The fraction of sp³-hybridized carbons (Fsp3) is 0.500. The molecule has 0 saturated carbocycles. The summed E-state index contributed by atoms with van der Waals surface area (Å²) in [5, 5.41) is 5.09. The highest BCUT2D eigenvalue weighted by Gasteiger charge is 2.43. The molecular formula is C20H24Cl2N4O2. The van der Waals surface area contributed by atoms with Crippen LogP contribution in [0.25, 0.3) is 0 Å². The molecule has 0 aliphatic carbocycles. The number of rotatable bonds is 4. The highest BCUT2D eigenvalue weighted by Crippen LogP contribution is 2.34. The molecule has 6 nitrogen and oxygen atoms in total. The maximum Gasteiger partial charge on any atom is 0.227 e. The number of aryl methyl sites for hydroxylation is 1. The molecule has 8 heteroatoms. The van der Waals surface area contributed by atoms with E-state index in [2.05, 4.69) is 16.0 Å². The quantitative estimate of drug-likeness (QED) is 0.789. The van der Waals surface area contributed by atoms with Crippen LogP contribution in [0.2, 0.25) is 10.0 Å². The summed E-state index contributed by atoms with van der Waals surface area (Å²) in [5.74, 6) is 1.16. The predicted octanol–water partition coefficient (Wildman–Crippen LogP) is 3.39. The summed E-state index contributed by atoms with van der Waals surface area (Å²) in [6.07, 6.45) is 2.28. The van der Waals surface area contributed by atoms with Crippen molar-refractivity contribution >= 4 is 29.1 Å². The minimum absolute atomic E-state index is 0.0892. The predicted molar refractivity (Wildman–Crippen MR) is 109 cm³/mol. The fourth-order valence-electron chi connectivity index (χ4n) is 4.31. The third-order valence-corrected chi connectivity index (χ3v) is 6.67. The maximum atomic E-state index is 13.1. The normalized spacial score (nSPS) is 24.9. The van der Waals surface area contributed by atoms with E-state index in [4.69, 9.17) is 27.7 Å². The molecule has 2 aliphatic rings. The largest absolute Gasteiger partial charge is 0.360 e. The van der Waals surface area contributed by atoms with Crippen LogP contribution in [0.1, 0.15) is 41.3 Å². The SMILES string of the molecule is Cc1noc(C2CNNC2C2CCCN2C(=O)Cc2ccc(Cl)c(Cl)c2)c1C. The van der Waals surface area contributed by atoms with Crippen LogP contribution < -0.4 is 10.9 Å². The standard InChI is InChI=1S/C20H24Cl2N4O2/c1-11-12(2)25-28-20(11)14-10-23-24-19(14)17-4-3-7-26(17)18(27)9-13-5-6-15(21)16(22)8-13/h5-6,8,14,17,19,23-24H,3-4,7,9-10H2,1-2H3. The molecule has 2 aromatic rings. The second-order valence-electron chi connectivity index (χ2n) is 7.64. The zero-order valence-electron chi connectivity index (χ0n) is 16.0. The van der Waals surface area contributed by atoms with Gasteiger partial charge in [-0.1, -0.05) is 34.4 Å². The number of hydrogen-bond acceptors (Lipinski definition) is 5. The van der Waals surface area contributed by atoms with Crippen molar-refractivity contribution < 1.29 is 9.32 Å². The van der Waals surface area contributed by atoms with E-state index in [1.54, 1.807) is 12.1 Å². The van der Waals surface area contributed by atoms with Crippen LogP contribution in [0.5, 0.6) is 0 Å². The van der Waals surface area contributed by atoms with Crippen LogP contribution in [0.4, 0.5) is 0 Å². The first-order valence-corrected chi connectivity index (χ1v) is 10.4. The van der Waals surface area contributed by atoms with Gasteiger partial charge in [0, 0.05) is 24.7 Å². The lowest BCUT2D eigenvalue weighted by Crippen LogP contribution is -2.50. The smallest absolute Gasteiger partial charge is 0.227 e. The Bertz CT molecular complexity index is 885. The number of hydrogen-bond donors (Lipinski definition) is 2. The molecule has 3 heterocycles. The minimum Gasteiger partial charge on any atom is -0.360 e. The topological polar surface area (TPSA) is 70.4 Å². The van der Waals surface area contributed by atoms with E-state index in [9.17, 15) is 4.79 Å². The molecule has 1 aromatic carbocycles. The van der Waals surface area contributed by atoms with E-state index in [1.165, 1.54) is 0 Å². The summed E-state index contributed by atoms with van der Waals surface area (Å²) in [6.45, 7) is 5.52. The second-order valence-corrected chi connectivity index (χ2v) is 8.45. The molecule has 2 N–H and O–H groups in total. The van der Waals surface area contributed by atoms with Crippen LogP contribution in [0.15, 0.2) is 22.7 Å². The van der Waals surface area contributed by atoms with Gasteiger partial charge in [0.15, 0.2) is 0 Å². The summed E-state index contributed by atoms with van der Waals surface area (Å²) >= 11 is 12.1. The number of nitrogens with one attached hydrogen (secondary N) is 2. The Balaban J connectivity index is 1.51. The number of hydrazine groups is 1. The number of carbonyl (C=O) groups is 1. The van der Waals surface area contributed by atoms with Gasteiger partial charge in [-0.25, -0.2) is 0 Å². The molecule has 1 aromatic heterocycles. The van der Waals surface area contributed by atoms with Crippen molar-refractivity contribution in [1.29, 1.82) is 0 Å². The molecule has 2 fully saturated rings. The lowest BCUT2D eigenvalue weighted by Gasteiger charge is -2.32. The molecule has 0 radical (unpaired) electrons. The van der Waals surface area contributed by atoms with Crippen LogP contribution >= 0.6 is 23.2 Å². The molecule has 3 atom stereocenters. The van der Waals surface area contributed by atoms with Gasteiger partial charge in [-0.3, -0.25) is 15.6 Å². The van der Waals surface area contributed by atoms with E-state index in [0.29, 0.717) is 16.5 Å². The van der Waals surface area contributed by atoms with Gasteiger partial charge in [0.25, 0.3) is 0 Å². The molecule has 0 bridgehead atoms. The number of halogens is 2. The Morgan fingerprint density at radius 3 is 2.86 bits per heavy atom. The number of aromatic nitrogens is 1. The molecule has 1 amide bonds. The van der Waals surface area contributed by atoms with Crippen molar-refractivity contribution in [2.75, 3.05) is 13.1 Å². The van der Waals surface area contributed by atoms with Gasteiger partial charge in [-0.05, 0) is 44.4 Å². The van der Waals surface area contributed by atoms with Crippen LogP contribution in [0.3, 0.4) is 0 Å². The number of likely N-dealkylation sites (tertiary alicyclic amines) is 1. The van der Waals surface area contributed by atoms with Crippen molar-refractivity contribution in [1.82, 2.24) is 20.9 Å². The summed E-state index contributed by atoms with van der Waals surface area (Å²) in [5.41, 5.74) is 9.51. The number of carbonyl (C=O) groups excluding carboxylic acids is 1. The molecular weight excluding hydrogens is 399 g/mol. The third kappa shape index (κ3) is 3.66. The average Bonchev–Trinajstić information content (AvgIpc) is 3.39. The molecule has 2 aliphatic heterocycles. The molecule has 28 heavy (non-hydrogen) atoms.